The first-order valence-corrected chi connectivity index (χ1v) is 11.3. The predicted octanol–water partition coefficient (Wildman–Crippen LogP) is 7.59. The molecule has 2 rings (SSSR count). The summed E-state index contributed by atoms with van der Waals surface area (Å²) in [5, 5.41) is -0.0120. The van der Waals surface area contributed by atoms with Crippen LogP contribution in [-0.4, -0.2) is 15.6 Å². The van der Waals surface area contributed by atoms with Crippen LogP contribution in [0.15, 0.2) is 42.5 Å². The van der Waals surface area contributed by atoms with Gasteiger partial charge >= 0.3 is 0 Å². The molecule has 0 radical (unpaired) electrons. The fraction of sp³-hybridized carbons (Fsp3) is 0.462. The Kier molecular flexibility index (Phi) is 7.50. The maximum absolute atomic E-state index is 13.5. The molecule has 0 aromatic heterocycles. The Morgan fingerprint density at radius 1 is 0.793 bits per heavy atom. The van der Waals surface area contributed by atoms with Gasteiger partial charge < -0.3 is 0 Å². The normalized spacial score (nSPS) is 12.1. The summed E-state index contributed by atoms with van der Waals surface area (Å²) in [6.45, 7) is 16.6. The lowest BCUT2D eigenvalue weighted by Crippen LogP contribution is -2.30. The zero-order chi connectivity index (χ0) is 21.9. The molecule has 0 fully saturated rings. The lowest BCUT2D eigenvalue weighted by molar-refractivity contribution is 0.0952. The van der Waals surface area contributed by atoms with Crippen LogP contribution in [0.1, 0.15) is 111 Å². The van der Waals surface area contributed by atoms with E-state index in [0.29, 0.717) is 11.5 Å². The van der Waals surface area contributed by atoms with Crippen LogP contribution in [0.4, 0.5) is 0 Å². The molecule has 0 bridgehead atoms. The third-order valence-electron chi connectivity index (χ3n) is 5.27. The molecular weight excluding hydrogens is 376 g/mol. The van der Waals surface area contributed by atoms with Gasteiger partial charge in [-0.25, -0.2) is 0 Å². The first-order chi connectivity index (χ1) is 13.5. The zero-order valence-electron chi connectivity index (χ0n) is 19.0. The predicted molar refractivity (Wildman–Crippen MR) is 125 cm³/mol. The fourth-order valence-electron chi connectivity index (χ4n) is 3.46. The van der Waals surface area contributed by atoms with E-state index in [1.165, 1.54) is 5.56 Å². The minimum Gasteiger partial charge on any atom is -0.293 e. The van der Waals surface area contributed by atoms with E-state index in [1.807, 2.05) is 44.2 Å². The van der Waals surface area contributed by atoms with E-state index in [1.54, 1.807) is 0 Å². The number of ketones is 1. The van der Waals surface area contributed by atoms with Gasteiger partial charge in [-0.05, 0) is 48.3 Å². The maximum Gasteiger partial charge on any atom is 0.220 e. The van der Waals surface area contributed by atoms with Crippen molar-refractivity contribution in [1.82, 2.24) is 0 Å². The SMILES string of the molecule is CC(C)c1cc(C(C)C)c(C(=O)SC(C)(C)C(=O)c2ccccc2)c(C(C)C)c1. The summed E-state index contributed by atoms with van der Waals surface area (Å²) < 4.78 is -0.836. The molecule has 0 aliphatic rings. The molecule has 0 amide bonds. The molecule has 2 aromatic carbocycles. The molecule has 0 atom stereocenters. The third-order valence-corrected chi connectivity index (χ3v) is 6.35. The van der Waals surface area contributed by atoms with Crippen molar-refractivity contribution < 1.29 is 9.59 Å². The molecule has 0 aliphatic carbocycles. The van der Waals surface area contributed by atoms with Crippen molar-refractivity contribution in [2.24, 2.45) is 0 Å². The number of hydrogen-bond donors (Lipinski definition) is 0. The number of thioether (sulfide) groups is 1. The molecule has 2 nitrogen and oxygen atoms in total. The van der Waals surface area contributed by atoms with E-state index in [9.17, 15) is 9.59 Å². The van der Waals surface area contributed by atoms with Crippen LogP contribution in [0.3, 0.4) is 0 Å². The molecule has 0 saturated heterocycles. The van der Waals surface area contributed by atoms with Gasteiger partial charge in [0, 0.05) is 11.1 Å². The highest BCUT2D eigenvalue weighted by molar-refractivity contribution is 8.15. The summed E-state index contributed by atoms with van der Waals surface area (Å²) in [5.74, 6) is 0.850. The van der Waals surface area contributed by atoms with Crippen LogP contribution in [-0.2, 0) is 0 Å². The quantitative estimate of drug-likeness (QED) is 0.441. The number of benzene rings is 2. The highest BCUT2D eigenvalue weighted by Crippen LogP contribution is 2.38. The van der Waals surface area contributed by atoms with Crippen molar-refractivity contribution in [3.63, 3.8) is 0 Å². The van der Waals surface area contributed by atoms with Crippen LogP contribution in [0, 0.1) is 0 Å². The first-order valence-electron chi connectivity index (χ1n) is 10.5. The summed E-state index contributed by atoms with van der Waals surface area (Å²) in [4.78, 5) is 26.6. The molecule has 0 saturated carbocycles. The van der Waals surface area contributed by atoms with Gasteiger partial charge in [0.05, 0.1) is 4.75 Å². The van der Waals surface area contributed by atoms with Gasteiger partial charge in [-0.3, -0.25) is 9.59 Å². The van der Waals surface area contributed by atoms with Crippen LogP contribution >= 0.6 is 11.8 Å². The number of rotatable bonds is 7. The molecular formula is C26H34O2S. The summed E-state index contributed by atoms with van der Waals surface area (Å²) in [5.41, 5.74) is 4.86. The molecule has 3 heteroatoms. The molecule has 0 unspecified atom stereocenters. The number of carbonyl (C=O) groups excluding carboxylic acids is 2. The van der Waals surface area contributed by atoms with Crippen LogP contribution in [0.25, 0.3) is 0 Å². The van der Waals surface area contributed by atoms with Gasteiger partial charge in [-0.2, -0.15) is 0 Å². The average Bonchev–Trinajstić information content (AvgIpc) is 2.66. The van der Waals surface area contributed by atoms with E-state index >= 15 is 0 Å². The monoisotopic (exact) mass is 410 g/mol. The van der Waals surface area contributed by atoms with E-state index in [0.717, 1.165) is 28.5 Å². The van der Waals surface area contributed by atoms with Crippen molar-refractivity contribution in [3.8, 4) is 0 Å². The summed E-state index contributed by atoms with van der Waals surface area (Å²) in [7, 11) is 0. The minimum atomic E-state index is -0.836. The van der Waals surface area contributed by atoms with Gasteiger partial charge in [0.2, 0.25) is 5.12 Å². The molecule has 29 heavy (non-hydrogen) atoms. The molecule has 2 aromatic rings. The smallest absolute Gasteiger partial charge is 0.220 e. The van der Waals surface area contributed by atoms with Gasteiger partial charge in [0.15, 0.2) is 5.78 Å². The lowest BCUT2D eigenvalue weighted by Gasteiger charge is -2.26. The minimum absolute atomic E-state index is 0.0120. The van der Waals surface area contributed by atoms with Crippen molar-refractivity contribution >= 4 is 22.7 Å². The highest BCUT2D eigenvalue weighted by Gasteiger charge is 2.34. The van der Waals surface area contributed by atoms with Crippen molar-refractivity contribution in [2.75, 3.05) is 0 Å². The molecule has 0 heterocycles. The molecule has 0 N–H and O–H groups in total. The molecule has 156 valence electrons. The topological polar surface area (TPSA) is 34.1 Å². The van der Waals surface area contributed by atoms with Crippen molar-refractivity contribution in [1.29, 1.82) is 0 Å². The van der Waals surface area contributed by atoms with E-state index in [2.05, 4.69) is 53.7 Å². The summed E-state index contributed by atoms with van der Waals surface area (Å²) in [6, 6.07) is 13.6. The average molecular weight is 411 g/mol. The van der Waals surface area contributed by atoms with Gasteiger partial charge in [-0.15, -0.1) is 0 Å². The Hall–Kier alpha value is -1.87. The van der Waals surface area contributed by atoms with Crippen LogP contribution < -0.4 is 0 Å². The van der Waals surface area contributed by atoms with Crippen molar-refractivity contribution in [3.05, 3.63) is 70.3 Å². The highest BCUT2D eigenvalue weighted by atomic mass is 32.2. The first kappa shape index (κ1) is 23.4. The number of Topliss-reactive ketones (excluding diaryl/α,β-unsaturated/α-hetero) is 1. The zero-order valence-corrected chi connectivity index (χ0v) is 19.8. The van der Waals surface area contributed by atoms with Gasteiger partial charge in [-0.1, -0.05) is 95.8 Å². The lowest BCUT2D eigenvalue weighted by atomic mass is 9.85. The Morgan fingerprint density at radius 2 is 1.28 bits per heavy atom. The second kappa shape index (κ2) is 9.30. The number of carbonyl (C=O) groups is 2. The second-order valence-electron chi connectivity index (χ2n) is 9.13. The summed E-state index contributed by atoms with van der Waals surface area (Å²) >= 11 is 1.15. The van der Waals surface area contributed by atoms with Crippen LogP contribution in [0.5, 0.6) is 0 Å². The maximum atomic E-state index is 13.5. The second-order valence-corrected chi connectivity index (χ2v) is 10.7. The fourth-order valence-corrected chi connectivity index (χ4v) is 4.47. The Morgan fingerprint density at radius 3 is 1.69 bits per heavy atom. The third kappa shape index (κ3) is 5.39. The Balaban J connectivity index is 2.49. The summed E-state index contributed by atoms with van der Waals surface area (Å²) in [6.07, 6.45) is 0. The van der Waals surface area contributed by atoms with Gasteiger partial charge in [0.25, 0.3) is 0 Å². The standard InChI is InChI=1S/C26H34O2S/c1-16(2)20-14-21(17(3)4)23(22(15-20)18(5)6)25(28)29-26(7,8)24(27)19-12-10-9-11-13-19/h9-18H,1-8H3. The molecule has 0 spiro atoms. The van der Waals surface area contributed by atoms with E-state index < -0.39 is 4.75 Å². The van der Waals surface area contributed by atoms with Gasteiger partial charge in [0.1, 0.15) is 0 Å². The van der Waals surface area contributed by atoms with E-state index in [4.69, 9.17) is 0 Å². The van der Waals surface area contributed by atoms with E-state index in [-0.39, 0.29) is 22.7 Å². The van der Waals surface area contributed by atoms with Crippen LogP contribution in [0.2, 0.25) is 0 Å². The Bertz CT molecular complexity index is 848. The number of hydrogen-bond acceptors (Lipinski definition) is 3. The molecule has 0 aliphatic heterocycles. The Labute approximate surface area is 180 Å². The van der Waals surface area contributed by atoms with Crippen molar-refractivity contribution in [2.45, 2.75) is 77.9 Å². The largest absolute Gasteiger partial charge is 0.293 e.